The lowest BCUT2D eigenvalue weighted by molar-refractivity contribution is 0.0680. The van der Waals surface area contributed by atoms with E-state index in [0.717, 1.165) is 5.56 Å². The molecule has 5 nitrogen and oxygen atoms in total. The Morgan fingerprint density at radius 1 is 1.30 bits per heavy atom. The summed E-state index contributed by atoms with van der Waals surface area (Å²) >= 11 is 0. The predicted molar refractivity (Wildman–Crippen MR) is 84.9 cm³/mol. The summed E-state index contributed by atoms with van der Waals surface area (Å²) in [5.74, 6) is -0.141. The number of nitrogens with zero attached hydrogens (tertiary/aromatic N) is 2. The highest BCUT2D eigenvalue weighted by molar-refractivity contribution is 5.88. The molecular weight excluding hydrogens is 297 g/mol. The fraction of sp³-hybridized carbons (Fsp3) is 0.294. The van der Waals surface area contributed by atoms with Gasteiger partial charge in [-0.1, -0.05) is 36.4 Å². The van der Waals surface area contributed by atoms with E-state index < -0.39 is 24.2 Å². The Morgan fingerprint density at radius 3 is 2.70 bits per heavy atom. The van der Waals surface area contributed by atoms with E-state index in [1.807, 2.05) is 30.3 Å². The van der Waals surface area contributed by atoms with Crippen LogP contribution in [0.25, 0.3) is 0 Å². The fourth-order valence-electron chi connectivity index (χ4n) is 2.91. The minimum Gasteiger partial charge on any atom is -0.393 e. The summed E-state index contributed by atoms with van der Waals surface area (Å²) in [5.41, 5.74) is -1.07. The molecule has 2 heterocycles. The highest BCUT2D eigenvalue weighted by Crippen LogP contribution is 2.39. The molecule has 1 aliphatic heterocycles. The molecule has 120 valence electrons. The van der Waals surface area contributed by atoms with Gasteiger partial charge in [0.2, 0.25) is 0 Å². The lowest BCUT2D eigenvalue weighted by Crippen LogP contribution is -2.39. The molecule has 0 bridgehead atoms. The first-order valence-electron chi connectivity index (χ1n) is 7.44. The van der Waals surface area contributed by atoms with Gasteiger partial charge in [0.25, 0.3) is 0 Å². The van der Waals surface area contributed by atoms with Crippen molar-refractivity contribution in [2.45, 2.75) is 11.6 Å². The SMILES string of the molecule is O=C(Nc1ccccn1)N1C[C@@H](c2ccccc2)[C@@](F)(CO)C1. The number of aliphatic hydroxyl groups excluding tert-OH is 1. The molecule has 0 radical (unpaired) electrons. The van der Waals surface area contributed by atoms with E-state index in [1.54, 1.807) is 24.4 Å². The largest absolute Gasteiger partial charge is 0.393 e. The number of nitrogens with one attached hydrogen (secondary N) is 1. The molecule has 0 saturated carbocycles. The van der Waals surface area contributed by atoms with E-state index in [9.17, 15) is 9.90 Å². The Balaban J connectivity index is 1.77. The van der Waals surface area contributed by atoms with Crippen molar-refractivity contribution < 1.29 is 14.3 Å². The number of rotatable bonds is 3. The number of aliphatic hydroxyl groups is 1. The zero-order valence-electron chi connectivity index (χ0n) is 12.5. The first kappa shape index (κ1) is 15.4. The van der Waals surface area contributed by atoms with Gasteiger partial charge < -0.3 is 10.0 Å². The van der Waals surface area contributed by atoms with E-state index >= 15 is 4.39 Å². The fourth-order valence-corrected chi connectivity index (χ4v) is 2.91. The molecule has 0 unspecified atom stereocenters. The van der Waals surface area contributed by atoms with Gasteiger partial charge in [0.05, 0.1) is 13.2 Å². The summed E-state index contributed by atoms with van der Waals surface area (Å²) < 4.78 is 15.1. The molecule has 0 spiro atoms. The number of pyridine rings is 1. The van der Waals surface area contributed by atoms with Crippen molar-refractivity contribution in [3.63, 3.8) is 0 Å². The highest BCUT2D eigenvalue weighted by Gasteiger charge is 2.49. The summed E-state index contributed by atoms with van der Waals surface area (Å²) in [6.07, 6.45) is 1.57. The maximum absolute atomic E-state index is 15.1. The lowest BCUT2D eigenvalue weighted by atomic mass is 9.87. The van der Waals surface area contributed by atoms with Crippen LogP contribution >= 0.6 is 0 Å². The summed E-state index contributed by atoms with van der Waals surface area (Å²) in [4.78, 5) is 17.7. The number of anilines is 1. The van der Waals surface area contributed by atoms with Crippen molar-refractivity contribution in [1.29, 1.82) is 0 Å². The monoisotopic (exact) mass is 315 g/mol. The molecule has 2 atom stereocenters. The molecule has 1 aliphatic rings. The number of benzene rings is 1. The van der Waals surface area contributed by atoms with Crippen molar-refractivity contribution in [1.82, 2.24) is 9.88 Å². The number of amides is 2. The Kier molecular flexibility index (Phi) is 4.25. The first-order valence-corrected chi connectivity index (χ1v) is 7.44. The maximum atomic E-state index is 15.1. The number of alkyl halides is 1. The number of aromatic nitrogens is 1. The third-order valence-electron chi connectivity index (χ3n) is 4.13. The molecule has 1 aromatic carbocycles. The Hall–Kier alpha value is -2.47. The van der Waals surface area contributed by atoms with Gasteiger partial charge in [-0.3, -0.25) is 5.32 Å². The summed E-state index contributed by atoms with van der Waals surface area (Å²) in [5, 5.41) is 12.1. The van der Waals surface area contributed by atoms with Crippen molar-refractivity contribution in [3.8, 4) is 0 Å². The number of hydrogen-bond acceptors (Lipinski definition) is 3. The quantitative estimate of drug-likeness (QED) is 0.914. The summed E-state index contributed by atoms with van der Waals surface area (Å²) in [6.45, 7) is -0.568. The predicted octanol–water partition coefficient (Wildman–Crippen LogP) is 2.41. The summed E-state index contributed by atoms with van der Waals surface area (Å²) in [6, 6.07) is 13.9. The second-order valence-electron chi connectivity index (χ2n) is 5.68. The minimum atomic E-state index is -1.84. The summed E-state index contributed by atoms with van der Waals surface area (Å²) in [7, 11) is 0. The molecule has 2 N–H and O–H groups in total. The van der Waals surface area contributed by atoms with Gasteiger partial charge in [0.1, 0.15) is 5.82 Å². The van der Waals surface area contributed by atoms with E-state index in [4.69, 9.17) is 0 Å². The maximum Gasteiger partial charge on any atom is 0.323 e. The van der Waals surface area contributed by atoms with Gasteiger partial charge >= 0.3 is 6.03 Å². The highest BCUT2D eigenvalue weighted by atomic mass is 19.1. The topological polar surface area (TPSA) is 65.5 Å². The van der Waals surface area contributed by atoms with Crippen LogP contribution in [0.1, 0.15) is 11.5 Å². The Bertz CT molecular complexity index is 668. The van der Waals surface area contributed by atoms with Gasteiger partial charge in [-0.25, -0.2) is 14.2 Å². The molecule has 6 heteroatoms. The number of likely N-dealkylation sites (tertiary alicyclic amines) is 1. The number of hydrogen-bond donors (Lipinski definition) is 2. The van der Waals surface area contributed by atoms with Gasteiger partial charge in [-0.15, -0.1) is 0 Å². The van der Waals surface area contributed by atoms with Crippen LogP contribution in [0, 0.1) is 0 Å². The van der Waals surface area contributed by atoms with Crippen LogP contribution in [0.5, 0.6) is 0 Å². The van der Waals surface area contributed by atoms with Crippen molar-refractivity contribution >= 4 is 11.8 Å². The van der Waals surface area contributed by atoms with E-state index in [0.29, 0.717) is 5.82 Å². The first-order chi connectivity index (χ1) is 11.1. The van der Waals surface area contributed by atoms with E-state index in [1.165, 1.54) is 4.90 Å². The standard InChI is InChI=1S/C17H18FN3O2/c18-17(12-22)11-21(10-14(17)13-6-2-1-3-7-13)16(23)20-15-8-4-5-9-19-15/h1-9,14,22H,10-12H2,(H,19,20,23)/t14-,17-/m0/s1. The average Bonchev–Trinajstić information content (AvgIpc) is 2.95. The van der Waals surface area contributed by atoms with Crippen LogP contribution in [0.15, 0.2) is 54.7 Å². The van der Waals surface area contributed by atoms with Crippen LogP contribution in [0.2, 0.25) is 0 Å². The molecule has 1 aromatic heterocycles. The van der Waals surface area contributed by atoms with E-state index in [-0.39, 0.29) is 13.1 Å². The second-order valence-corrected chi connectivity index (χ2v) is 5.68. The van der Waals surface area contributed by atoms with Gasteiger partial charge in [-0.05, 0) is 17.7 Å². The molecule has 23 heavy (non-hydrogen) atoms. The molecule has 1 fully saturated rings. The molecule has 1 saturated heterocycles. The van der Waals surface area contributed by atoms with Crippen LogP contribution in [0.4, 0.5) is 15.0 Å². The third kappa shape index (κ3) is 3.17. The molecule has 0 aliphatic carbocycles. The lowest BCUT2D eigenvalue weighted by Gasteiger charge is -2.23. The normalized spacial score (nSPS) is 23.7. The third-order valence-corrected chi connectivity index (χ3v) is 4.13. The van der Waals surface area contributed by atoms with Gasteiger partial charge in [-0.2, -0.15) is 0 Å². The molecule has 2 aromatic rings. The molecule has 3 rings (SSSR count). The number of halogens is 1. The van der Waals surface area contributed by atoms with Gasteiger partial charge in [0.15, 0.2) is 5.67 Å². The minimum absolute atomic E-state index is 0.151. The van der Waals surface area contributed by atoms with Crippen LogP contribution in [-0.4, -0.2) is 46.4 Å². The zero-order chi connectivity index (χ0) is 16.3. The van der Waals surface area contributed by atoms with Gasteiger partial charge in [0, 0.05) is 18.7 Å². The smallest absolute Gasteiger partial charge is 0.323 e. The number of carbonyl (C=O) groups excluding carboxylic acids is 1. The molecule has 2 amide bonds. The van der Waals surface area contributed by atoms with Crippen LogP contribution in [0.3, 0.4) is 0 Å². The Labute approximate surface area is 133 Å². The van der Waals surface area contributed by atoms with Crippen molar-refractivity contribution in [2.75, 3.05) is 25.0 Å². The van der Waals surface area contributed by atoms with Crippen molar-refractivity contribution in [3.05, 3.63) is 60.3 Å². The second kappa shape index (κ2) is 6.34. The average molecular weight is 315 g/mol. The Morgan fingerprint density at radius 2 is 2.04 bits per heavy atom. The van der Waals surface area contributed by atoms with Crippen LogP contribution < -0.4 is 5.32 Å². The van der Waals surface area contributed by atoms with Crippen molar-refractivity contribution in [2.24, 2.45) is 0 Å². The number of urea groups is 1. The van der Waals surface area contributed by atoms with Crippen LogP contribution in [-0.2, 0) is 0 Å². The molecular formula is C17H18FN3O2. The van der Waals surface area contributed by atoms with E-state index in [2.05, 4.69) is 10.3 Å². The zero-order valence-corrected chi connectivity index (χ0v) is 12.5. The number of carbonyl (C=O) groups is 1.